The number of carbonyl (C=O) groups excluding carboxylic acids is 2. The Balaban J connectivity index is 2.40. The maximum absolute atomic E-state index is 12.5. The Morgan fingerprint density at radius 2 is 1.59 bits per heavy atom. The molecule has 0 bridgehead atoms. The Hall–Kier alpha value is -2.08. The van der Waals surface area contributed by atoms with Gasteiger partial charge in [0.05, 0.1) is 31.3 Å². The van der Waals surface area contributed by atoms with Crippen LogP contribution in [0.1, 0.15) is 62.1 Å². The number of hydrogen-bond acceptors (Lipinski definition) is 6. The van der Waals surface area contributed by atoms with E-state index in [2.05, 4.69) is 18.3 Å². The van der Waals surface area contributed by atoms with Crippen molar-refractivity contribution in [1.82, 2.24) is 5.32 Å². The van der Waals surface area contributed by atoms with Gasteiger partial charge in [-0.25, -0.2) is 9.59 Å². The number of nitrogens with one attached hydrogen (secondary N) is 1. The van der Waals surface area contributed by atoms with Crippen LogP contribution in [0.25, 0.3) is 0 Å². The smallest absolute Gasteiger partial charge is 0.336 e. The molecule has 1 aromatic heterocycles. The van der Waals surface area contributed by atoms with Crippen molar-refractivity contribution < 1.29 is 19.1 Å². The minimum absolute atomic E-state index is 0.434. The molecule has 6 heteroatoms. The SMILES string of the molecule is CCCCCCc1ccc(C2C(C(=O)OC)=C(C)NC(C)=C2C(=O)OC)s1. The molecule has 0 fully saturated rings. The second-order valence-electron chi connectivity index (χ2n) is 6.73. The Morgan fingerprint density at radius 3 is 2.11 bits per heavy atom. The van der Waals surface area contributed by atoms with Gasteiger partial charge in [-0.2, -0.15) is 0 Å². The van der Waals surface area contributed by atoms with Gasteiger partial charge in [-0.15, -0.1) is 11.3 Å². The third kappa shape index (κ3) is 4.80. The normalized spacial score (nSPS) is 15.0. The molecule has 0 atom stereocenters. The first kappa shape index (κ1) is 21.2. The minimum Gasteiger partial charge on any atom is -0.466 e. The lowest BCUT2D eigenvalue weighted by Gasteiger charge is -2.29. The van der Waals surface area contributed by atoms with Crippen molar-refractivity contribution >= 4 is 23.3 Å². The highest BCUT2D eigenvalue weighted by atomic mass is 32.1. The highest BCUT2D eigenvalue weighted by Gasteiger charge is 2.38. The molecule has 0 unspecified atom stereocenters. The van der Waals surface area contributed by atoms with E-state index in [1.807, 2.05) is 19.9 Å². The van der Waals surface area contributed by atoms with E-state index in [4.69, 9.17) is 9.47 Å². The number of esters is 2. The van der Waals surface area contributed by atoms with E-state index in [-0.39, 0.29) is 0 Å². The van der Waals surface area contributed by atoms with Gasteiger partial charge in [-0.05, 0) is 38.8 Å². The number of rotatable bonds is 8. The largest absolute Gasteiger partial charge is 0.466 e. The van der Waals surface area contributed by atoms with Crippen LogP contribution >= 0.6 is 11.3 Å². The average molecular weight is 392 g/mol. The van der Waals surface area contributed by atoms with Crippen molar-refractivity contribution in [3.05, 3.63) is 44.4 Å². The molecular formula is C21H29NO4S. The monoisotopic (exact) mass is 391 g/mol. The molecule has 1 aromatic rings. The molecule has 0 radical (unpaired) electrons. The number of dihydropyridines is 1. The van der Waals surface area contributed by atoms with Crippen LogP contribution in [0.15, 0.2) is 34.7 Å². The van der Waals surface area contributed by atoms with E-state index in [9.17, 15) is 9.59 Å². The van der Waals surface area contributed by atoms with E-state index >= 15 is 0 Å². The summed E-state index contributed by atoms with van der Waals surface area (Å²) in [7, 11) is 2.71. The number of aryl methyl sites for hydroxylation is 1. The predicted molar refractivity (Wildman–Crippen MR) is 107 cm³/mol. The lowest BCUT2D eigenvalue weighted by Crippen LogP contribution is -2.31. The molecule has 1 aliphatic heterocycles. The Bertz CT molecular complexity index is 722. The van der Waals surface area contributed by atoms with Crippen molar-refractivity contribution in [2.75, 3.05) is 14.2 Å². The molecule has 2 rings (SSSR count). The molecule has 0 aliphatic carbocycles. The van der Waals surface area contributed by atoms with Crippen LogP contribution in [0.5, 0.6) is 0 Å². The van der Waals surface area contributed by atoms with Crippen molar-refractivity contribution in [3.8, 4) is 0 Å². The lowest BCUT2D eigenvalue weighted by atomic mass is 9.84. The third-order valence-corrected chi connectivity index (χ3v) is 6.02. The fourth-order valence-corrected chi connectivity index (χ4v) is 4.62. The molecule has 0 spiro atoms. The van der Waals surface area contributed by atoms with Crippen molar-refractivity contribution in [2.45, 2.75) is 58.8 Å². The summed E-state index contributed by atoms with van der Waals surface area (Å²) in [5.41, 5.74) is 2.33. The molecule has 2 heterocycles. The summed E-state index contributed by atoms with van der Waals surface area (Å²) in [5, 5.41) is 3.13. The molecule has 5 nitrogen and oxygen atoms in total. The molecule has 1 N–H and O–H groups in total. The topological polar surface area (TPSA) is 64.6 Å². The van der Waals surface area contributed by atoms with Gasteiger partial charge in [0, 0.05) is 21.1 Å². The number of allylic oxidation sites excluding steroid dienone is 2. The number of methoxy groups -OCH3 is 2. The zero-order valence-electron chi connectivity index (χ0n) is 16.8. The summed E-state index contributed by atoms with van der Waals surface area (Å²) >= 11 is 1.65. The van der Waals surface area contributed by atoms with Gasteiger partial charge in [0.2, 0.25) is 0 Å². The van der Waals surface area contributed by atoms with Gasteiger partial charge >= 0.3 is 11.9 Å². The fraction of sp³-hybridized carbons (Fsp3) is 0.524. The summed E-state index contributed by atoms with van der Waals surface area (Å²) in [4.78, 5) is 27.2. The average Bonchev–Trinajstić information content (AvgIpc) is 3.12. The van der Waals surface area contributed by atoms with Crippen LogP contribution in [-0.4, -0.2) is 26.2 Å². The first-order valence-corrected chi connectivity index (χ1v) is 10.2. The van der Waals surface area contributed by atoms with Crippen LogP contribution in [0.3, 0.4) is 0 Å². The molecule has 0 amide bonds. The first-order chi connectivity index (χ1) is 12.9. The van der Waals surface area contributed by atoms with Crippen LogP contribution in [0.2, 0.25) is 0 Å². The summed E-state index contributed by atoms with van der Waals surface area (Å²) in [5.74, 6) is -1.34. The number of unbranched alkanes of at least 4 members (excludes halogenated alkanes) is 3. The number of thiophene rings is 1. The molecular weight excluding hydrogens is 362 g/mol. The fourth-order valence-electron chi connectivity index (χ4n) is 3.45. The van der Waals surface area contributed by atoms with Gasteiger partial charge in [-0.3, -0.25) is 0 Å². The molecule has 0 saturated carbocycles. The zero-order valence-corrected chi connectivity index (χ0v) is 17.6. The van der Waals surface area contributed by atoms with E-state index in [0.29, 0.717) is 22.5 Å². The highest BCUT2D eigenvalue weighted by molar-refractivity contribution is 7.12. The molecule has 0 saturated heterocycles. The summed E-state index contributed by atoms with van der Waals surface area (Å²) in [6.07, 6.45) is 5.84. The van der Waals surface area contributed by atoms with Gasteiger partial charge < -0.3 is 14.8 Å². The highest BCUT2D eigenvalue weighted by Crippen LogP contribution is 2.42. The molecule has 1 aliphatic rings. The minimum atomic E-state index is -0.472. The Kier molecular flexibility index (Phi) is 7.66. The Morgan fingerprint density at radius 1 is 1.00 bits per heavy atom. The molecule has 148 valence electrons. The first-order valence-electron chi connectivity index (χ1n) is 9.38. The van der Waals surface area contributed by atoms with E-state index in [1.54, 1.807) is 11.3 Å². The van der Waals surface area contributed by atoms with Crippen LogP contribution in [0, 0.1) is 0 Å². The second kappa shape index (κ2) is 9.74. The van der Waals surface area contributed by atoms with E-state index < -0.39 is 17.9 Å². The lowest BCUT2D eigenvalue weighted by molar-refractivity contribution is -0.137. The van der Waals surface area contributed by atoms with Crippen molar-refractivity contribution in [2.24, 2.45) is 0 Å². The third-order valence-electron chi connectivity index (χ3n) is 4.81. The van der Waals surface area contributed by atoms with E-state index in [1.165, 1.54) is 38.4 Å². The van der Waals surface area contributed by atoms with Crippen LogP contribution < -0.4 is 5.32 Å². The molecule has 0 aromatic carbocycles. The summed E-state index contributed by atoms with van der Waals surface area (Å²) < 4.78 is 10.0. The second-order valence-corrected chi connectivity index (χ2v) is 7.93. The Labute approximate surface area is 165 Å². The van der Waals surface area contributed by atoms with Crippen molar-refractivity contribution in [1.29, 1.82) is 0 Å². The van der Waals surface area contributed by atoms with Gasteiger partial charge in [-0.1, -0.05) is 26.2 Å². The quantitative estimate of drug-likeness (QED) is 0.524. The number of ether oxygens (including phenoxy) is 2. The van der Waals surface area contributed by atoms with Crippen LogP contribution in [-0.2, 0) is 25.5 Å². The standard InChI is InChI=1S/C21H29NO4S/c1-6-7-8-9-10-15-11-12-16(27-15)19-17(20(23)25-4)13(2)22-14(3)18(19)21(24)26-5/h11-12,19,22H,6-10H2,1-5H3. The van der Waals surface area contributed by atoms with Crippen molar-refractivity contribution in [3.63, 3.8) is 0 Å². The summed E-state index contributed by atoms with van der Waals surface area (Å²) in [6, 6.07) is 4.12. The zero-order chi connectivity index (χ0) is 20.0. The predicted octanol–water partition coefficient (Wildman–Crippen LogP) is 4.45. The number of carbonyl (C=O) groups is 2. The number of hydrogen-bond donors (Lipinski definition) is 1. The van der Waals surface area contributed by atoms with Gasteiger partial charge in [0.1, 0.15) is 0 Å². The van der Waals surface area contributed by atoms with E-state index in [0.717, 1.165) is 17.7 Å². The maximum atomic E-state index is 12.5. The maximum Gasteiger partial charge on any atom is 0.336 e. The van der Waals surface area contributed by atoms with Gasteiger partial charge in [0.15, 0.2) is 0 Å². The summed E-state index contributed by atoms with van der Waals surface area (Å²) in [6.45, 7) is 5.86. The van der Waals surface area contributed by atoms with Crippen LogP contribution in [0.4, 0.5) is 0 Å². The molecule has 27 heavy (non-hydrogen) atoms. The van der Waals surface area contributed by atoms with Gasteiger partial charge in [0.25, 0.3) is 0 Å².